The van der Waals surface area contributed by atoms with Crippen LogP contribution in [0.3, 0.4) is 0 Å². The number of carbonyl (C=O) groups excluding carboxylic acids is 1. The van der Waals surface area contributed by atoms with E-state index < -0.39 is 10.0 Å². The Kier molecular flexibility index (Phi) is 7.42. The molecule has 27 heavy (non-hydrogen) atoms. The van der Waals surface area contributed by atoms with Gasteiger partial charge in [-0.05, 0) is 50.1 Å². The molecular weight excluding hydrogens is 360 g/mol. The minimum atomic E-state index is -3.85. The van der Waals surface area contributed by atoms with Gasteiger partial charge in [0.25, 0.3) is 10.0 Å². The predicted molar refractivity (Wildman–Crippen MR) is 109 cm³/mol. The molecule has 146 valence electrons. The fourth-order valence-electron chi connectivity index (χ4n) is 2.72. The van der Waals surface area contributed by atoms with Gasteiger partial charge in [0.1, 0.15) is 6.54 Å². The monoisotopic (exact) mass is 388 g/mol. The van der Waals surface area contributed by atoms with Crippen molar-refractivity contribution < 1.29 is 13.2 Å². The zero-order valence-corrected chi connectivity index (χ0v) is 17.1. The van der Waals surface area contributed by atoms with Crippen LogP contribution in [0.2, 0.25) is 0 Å². The van der Waals surface area contributed by atoms with Gasteiger partial charge in [-0.15, -0.1) is 0 Å². The number of hydrogen-bond donors (Lipinski definition) is 1. The van der Waals surface area contributed by atoms with Crippen LogP contribution in [0.15, 0.2) is 53.4 Å². The van der Waals surface area contributed by atoms with Crippen LogP contribution in [0.4, 0.5) is 5.69 Å². The summed E-state index contributed by atoms with van der Waals surface area (Å²) < 4.78 is 27.6. The highest BCUT2D eigenvalue weighted by Gasteiger charge is 2.27. The molecule has 0 bridgehead atoms. The van der Waals surface area contributed by atoms with E-state index in [2.05, 4.69) is 12.2 Å². The van der Waals surface area contributed by atoms with Crippen LogP contribution >= 0.6 is 0 Å². The number of carbonyl (C=O) groups is 1. The molecule has 5 nitrogen and oxygen atoms in total. The number of hydrogen-bond acceptors (Lipinski definition) is 3. The Bertz CT molecular complexity index is 861. The second-order valence-electron chi connectivity index (χ2n) is 6.72. The van der Waals surface area contributed by atoms with Crippen molar-refractivity contribution in [2.24, 2.45) is 0 Å². The lowest BCUT2D eigenvalue weighted by molar-refractivity contribution is -0.119. The normalized spacial score (nSPS) is 11.2. The summed E-state index contributed by atoms with van der Waals surface area (Å²) in [6.07, 6.45) is 2.98. The molecule has 0 aliphatic heterocycles. The van der Waals surface area contributed by atoms with E-state index in [9.17, 15) is 13.2 Å². The molecule has 2 aromatic rings. The van der Waals surface area contributed by atoms with Crippen LogP contribution in [0.5, 0.6) is 0 Å². The summed E-state index contributed by atoms with van der Waals surface area (Å²) >= 11 is 0. The Morgan fingerprint density at radius 2 is 1.70 bits per heavy atom. The Morgan fingerprint density at radius 3 is 2.33 bits per heavy atom. The van der Waals surface area contributed by atoms with Gasteiger partial charge in [0.15, 0.2) is 0 Å². The summed E-state index contributed by atoms with van der Waals surface area (Å²) in [6.45, 7) is 6.20. The van der Waals surface area contributed by atoms with E-state index in [-0.39, 0.29) is 17.3 Å². The fourth-order valence-corrected chi connectivity index (χ4v) is 4.14. The van der Waals surface area contributed by atoms with Crippen LogP contribution in [0, 0.1) is 13.8 Å². The lowest BCUT2D eigenvalue weighted by Gasteiger charge is -2.24. The van der Waals surface area contributed by atoms with Crippen LogP contribution in [-0.2, 0) is 14.8 Å². The smallest absolute Gasteiger partial charge is 0.264 e. The molecule has 0 spiro atoms. The molecule has 1 amide bonds. The molecule has 0 radical (unpaired) electrons. The van der Waals surface area contributed by atoms with E-state index in [1.807, 2.05) is 19.9 Å². The summed E-state index contributed by atoms with van der Waals surface area (Å²) in [5, 5.41) is 2.82. The maximum atomic E-state index is 13.2. The molecule has 0 atom stereocenters. The van der Waals surface area contributed by atoms with Crippen LogP contribution in [0.1, 0.15) is 37.3 Å². The number of unbranched alkanes of at least 4 members (excludes halogenated alkanes) is 2. The summed E-state index contributed by atoms with van der Waals surface area (Å²) in [5.74, 6) is -0.303. The van der Waals surface area contributed by atoms with Gasteiger partial charge in [0.2, 0.25) is 5.91 Å². The zero-order valence-electron chi connectivity index (χ0n) is 16.2. The topological polar surface area (TPSA) is 66.5 Å². The maximum Gasteiger partial charge on any atom is 0.264 e. The first-order chi connectivity index (χ1) is 12.8. The molecule has 0 aliphatic carbocycles. The molecular formula is C21H28N2O3S. The number of anilines is 1. The summed E-state index contributed by atoms with van der Waals surface area (Å²) in [6, 6.07) is 13.8. The quantitative estimate of drug-likeness (QED) is 0.665. The fraction of sp³-hybridized carbons (Fsp3) is 0.381. The minimum absolute atomic E-state index is 0.174. The van der Waals surface area contributed by atoms with Crippen LogP contribution in [0.25, 0.3) is 0 Å². The van der Waals surface area contributed by atoms with Crippen molar-refractivity contribution in [3.63, 3.8) is 0 Å². The van der Waals surface area contributed by atoms with Gasteiger partial charge in [-0.25, -0.2) is 8.42 Å². The van der Waals surface area contributed by atoms with Gasteiger partial charge >= 0.3 is 0 Å². The third kappa shape index (κ3) is 5.82. The number of nitrogens with one attached hydrogen (secondary N) is 1. The lowest BCUT2D eigenvalue weighted by Crippen LogP contribution is -2.41. The average Bonchev–Trinajstić information content (AvgIpc) is 2.63. The highest BCUT2D eigenvalue weighted by molar-refractivity contribution is 7.92. The van der Waals surface area contributed by atoms with E-state index in [1.165, 1.54) is 4.31 Å². The third-order valence-corrected chi connectivity index (χ3v) is 6.08. The number of sulfonamides is 1. The Hall–Kier alpha value is -2.34. The first-order valence-corrected chi connectivity index (χ1v) is 10.7. The van der Waals surface area contributed by atoms with Crippen molar-refractivity contribution >= 4 is 21.6 Å². The van der Waals surface area contributed by atoms with Crippen molar-refractivity contribution in [3.8, 4) is 0 Å². The summed E-state index contributed by atoms with van der Waals surface area (Å²) in [7, 11) is -3.85. The summed E-state index contributed by atoms with van der Waals surface area (Å²) in [4.78, 5) is 12.6. The molecule has 0 saturated carbocycles. The van der Waals surface area contributed by atoms with Gasteiger partial charge in [-0.2, -0.15) is 0 Å². The Labute approximate surface area is 162 Å². The third-order valence-electron chi connectivity index (χ3n) is 4.29. The largest absolute Gasteiger partial charge is 0.355 e. The molecule has 0 aliphatic rings. The SMILES string of the molecule is CCCCCNC(=O)CN(c1cccc(C)c1)S(=O)(=O)c1ccc(C)cc1. The first-order valence-electron chi connectivity index (χ1n) is 9.27. The average molecular weight is 389 g/mol. The van der Waals surface area contributed by atoms with E-state index in [1.54, 1.807) is 42.5 Å². The van der Waals surface area contributed by atoms with E-state index in [0.717, 1.165) is 30.4 Å². The standard InChI is InChI=1S/C21H28N2O3S/c1-4-5-6-14-22-21(24)16-23(19-9-7-8-18(3)15-19)27(25,26)20-12-10-17(2)11-13-20/h7-13,15H,4-6,14,16H2,1-3H3,(H,22,24). The summed E-state index contributed by atoms with van der Waals surface area (Å²) in [5.41, 5.74) is 2.39. The Morgan fingerprint density at radius 1 is 1.00 bits per heavy atom. The second kappa shape index (κ2) is 9.55. The van der Waals surface area contributed by atoms with Crippen LogP contribution in [-0.4, -0.2) is 27.4 Å². The predicted octanol–water partition coefficient (Wildman–Crippen LogP) is 3.81. The van der Waals surface area contributed by atoms with Crippen molar-refractivity contribution in [3.05, 3.63) is 59.7 Å². The van der Waals surface area contributed by atoms with Crippen molar-refractivity contribution in [1.29, 1.82) is 0 Å². The molecule has 0 aromatic heterocycles. The van der Waals surface area contributed by atoms with Crippen LogP contribution < -0.4 is 9.62 Å². The van der Waals surface area contributed by atoms with Gasteiger partial charge < -0.3 is 5.32 Å². The molecule has 1 N–H and O–H groups in total. The molecule has 0 heterocycles. The highest BCUT2D eigenvalue weighted by atomic mass is 32.2. The van der Waals surface area contributed by atoms with Crippen molar-refractivity contribution in [2.75, 3.05) is 17.4 Å². The molecule has 2 aromatic carbocycles. The van der Waals surface area contributed by atoms with Crippen molar-refractivity contribution in [2.45, 2.75) is 44.9 Å². The molecule has 0 saturated heterocycles. The molecule has 0 unspecified atom stereocenters. The second-order valence-corrected chi connectivity index (χ2v) is 8.58. The molecule has 6 heteroatoms. The van der Waals surface area contributed by atoms with E-state index in [4.69, 9.17) is 0 Å². The minimum Gasteiger partial charge on any atom is -0.355 e. The van der Waals surface area contributed by atoms with E-state index >= 15 is 0 Å². The van der Waals surface area contributed by atoms with Gasteiger partial charge in [-0.1, -0.05) is 49.6 Å². The molecule has 0 fully saturated rings. The number of benzene rings is 2. The lowest BCUT2D eigenvalue weighted by atomic mass is 10.2. The van der Waals surface area contributed by atoms with Gasteiger partial charge in [0, 0.05) is 6.54 Å². The van der Waals surface area contributed by atoms with E-state index in [0.29, 0.717) is 12.2 Å². The zero-order chi connectivity index (χ0) is 19.9. The Balaban J connectivity index is 2.29. The van der Waals surface area contributed by atoms with Crippen molar-refractivity contribution in [1.82, 2.24) is 5.32 Å². The molecule has 2 rings (SSSR count). The first kappa shape index (κ1) is 21.0. The van der Waals surface area contributed by atoms with Gasteiger partial charge in [0.05, 0.1) is 10.6 Å². The highest BCUT2D eigenvalue weighted by Crippen LogP contribution is 2.24. The number of rotatable bonds is 9. The number of amides is 1. The van der Waals surface area contributed by atoms with Gasteiger partial charge in [-0.3, -0.25) is 9.10 Å². The number of nitrogens with zero attached hydrogens (tertiary/aromatic N) is 1. The maximum absolute atomic E-state index is 13.2. The number of aryl methyl sites for hydroxylation is 2.